The van der Waals surface area contributed by atoms with Gasteiger partial charge in [-0.25, -0.2) is 9.37 Å². The van der Waals surface area contributed by atoms with Crippen LogP contribution in [0.3, 0.4) is 0 Å². The van der Waals surface area contributed by atoms with Crippen LogP contribution in [0.4, 0.5) is 10.2 Å². The number of rotatable bonds is 3. The molecule has 2 aromatic heterocycles. The van der Waals surface area contributed by atoms with Crippen LogP contribution in [0.15, 0.2) is 47.8 Å². The van der Waals surface area contributed by atoms with Gasteiger partial charge in [0.25, 0.3) is 0 Å². The van der Waals surface area contributed by atoms with Crippen LogP contribution in [0.5, 0.6) is 0 Å². The van der Waals surface area contributed by atoms with Gasteiger partial charge in [-0.2, -0.15) is 0 Å². The third kappa shape index (κ3) is 2.20. The summed E-state index contributed by atoms with van der Waals surface area (Å²) < 4.78 is 15.1. The fourth-order valence-electron chi connectivity index (χ4n) is 2.33. The lowest BCUT2D eigenvalue weighted by Gasteiger charge is -2.05. The first kappa shape index (κ1) is 13.4. The largest absolute Gasteiger partial charge is 0.279 e. The molecule has 106 valence electrons. The lowest BCUT2D eigenvalue weighted by molar-refractivity contribution is 0.630. The van der Waals surface area contributed by atoms with E-state index >= 15 is 0 Å². The van der Waals surface area contributed by atoms with Crippen molar-refractivity contribution in [1.29, 1.82) is 0 Å². The smallest absolute Gasteiger partial charge is 0.209 e. The molecule has 0 saturated heterocycles. The van der Waals surface area contributed by atoms with Crippen molar-refractivity contribution >= 4 is 11.5 Å². The lowest BCUT2D eigenvalue weighted by atomic mass is 10.0. The van der Waals surface area contributed by atoms with Crippen LogP contribution >= 0.6 is 0 Å². The standard InChI is InChI=1S/C16H14FN3O/c1-10(2)11-5-7-12(8-6-11)14-16(19-21)20-9-3-4-13(17)15(20)18-14/h3-10H,1-2H3. The monoisotopic (exact) mass is 283 g/mol. The molecule has 3 rings (SSSR count). The van der Waals surface area contributed by atoms with Crippen LogP contribution in [0, 0.1) is 10.7 Å². The average molecular weight is 283 g/mol. The molecule has 0 unspecified atom stereocenters. The molecule has 1 aromatic carbocycles. The summed E-state index contributed by atoms with van der Waals surface area (Å²) in [5, 5.41) is 3.02. The number of nitroso groups, excluding NO2 is 1. The van der Waals surface area contributed by atoms with Gasteiger partial charge in [0.15, 0.2) is 11.5 Å². The highest BCUT2D eigenvalue weighted by Gasteiger charge is 2.17. The summed E-state index contributed by atoms with van der Waals surface area (Å²) in [5.74, 6) is 0.0514. The Hall–Kier alpha value is -2.56. The number of hydrogen-bond donors (Lipinski definition) is 0. The van der Waals surface area contributed by atoms with Crippen molar-refractivity contribution in [2.24, 2.45) is 5.18 Å². The summed E-state index contributed by atoms with van der Waals surface area (Å²) in [4.78, 5) is 15.4. The molecule has 4 nitrogen and oxygen atoms in total. The van der Waals surface area contributed by atoms with Crippen LogP contribution in [0.25, 0.3) is 16.9 Å². The zero-order valence-corrected chi connectivity index (χ0v) is 11.7. The van der Waals surface area contributed by atoms with Gasteiger partial charge in [0.1, 0.15) is 5.69 Å². The lowest BCUT2D eigenvalue weighted by Crippen LogP contribution is -1.87. The normalized spacial score (nSPS) is 11.2. The zero-order valence-electron chi connectivity index (χ0n) is 11.7. The molecule has 0 aliphatic carbocycles. The molecule has 3 aromatic rings. The molecule has 0 aliphatic rings. The van der Waals surface area contributed by atoms with E-state index in [9.17, 15) is 9.30 Å². The van der Waals surface area contributed by atoms with Gasteiger partial charge in [-0.05, 0) is 28.8 Å². The second-order valence-corrected chi connectivity index (χ2v) is 5.20. The fraction of sp³-hybridized carbons (Fsp3) is 0.188. The highest BCUT2D eigenvalue weighted by Crippen LogP contribution is 2.32. The maximum Gasteiger partial charge on any atom is 0.209 e. The molecular weight excluding hydrogens is 269 g/mol. The number of fused-ring (bicyclic) bond motifs is 1. The van der Waals surface area contributed by atoms with Crippen LogP contribution in [0.2, 0.25) is 0 Å². The van der Waals surface area contributed by atoms with Crippen LogP contribution in [-0.2, 0) is 0 Å². The minimum absolute atomic E-state index is 0.107. The van der Waals surface area contributed by atoms with E-state index in [0.717, 1.165) is 5.56 Å². The predicted molar refractivity (Wildman–Crippen MR) is 80.1 cm³/mol. The van der Waals surface area contributed by atoms with Crippen molar-refractivity contribution in [3.05, 3.63) is 58.9 Å². The highest BCUT2D eigenvalue weighted by molar-refractivity contribution is 5.74. The molecule has 21 heavy (non-hydrogen) atoms. The third-order valence-electron chi connectivity index (χ3n) is 3.51. The zero-order chi connectivity index (χ0) is 15.0. The molecule has 0 saturated carbocycles. The van der Waals surface area contributed by atoms with Gasteiger partial charge in [-0.1, -0.05) is 38.1 Å². The summed E-state index contributed by atoms with van der Waals surface area (Å²) in [5.41, 5.74) is 2.44. The minimum Gasteiger partial charge on any atom is -0.279 e. The summed E-state index contributed by atoms with van der Waals surface area (Å²) in [6, 6.07) is 10.5. The van der Waals surface area contributed by atoms with Crippen molar-refractivity contribution in [2.45, 2.75) is 19.8 Å². The van der Waals surface area contributed by atoms with Crippen molar-refractivity contribution in [2.75, 3.05) is 0 Å². The first-order chi connectivity index (χ1) is 10.1. The van der Waals surface area contributed by atoms with Gasteiger partial charge in [-0.15, -0.1) is 4.91 Å². The summed E-state index contributed by atoms with van der Waals surface area (Å²) >= 11 is 0. The first-order valence-corrected chi connectivity index (χ1v) is 6.72. The molecule has 0 bridgehead atoms. The molecule has 5 heteroatoms. The van der Waals surface area contributed by atoms with E-state index in [1.54, 1.807) is 6.20 Å². The average Bonchev–Trinajstić information content (AvgIpc) is 2.87. The molecular formula is C16H14FN3O. The van der Waals surface area contributed by atoms with E-state index in [2.05, 4.69) is 24.0 Å². The molecule has 0 N–H and O–H groups in total. The maximum atomic E-state index is 13.8. The molecule has 0 fully saturated rings. The van der Waals surface area contributed by atoms with E-state index in [1.807, 2.05) is 24.3 Å². The molecule has 0 atom stereocenters. The third-order valence-corrected chi connectivity index (χ3v) is 3.51. The minimum atomic E-state index is -0.479. The molecule has 0 aliphatic heterocycles. The molecule has 0 amide bonds. The van der Waals surface area contributed by atoms with Crippen molar-refractivity contribution in [3.8, 4) is 11.3 Å². The fourth-order valence-corrected chi connectivity index (χ4v) is 2.33. The highest BCUT2D eigenvalue weighted by atomic mass is 19.1. The second kappa shape index (κ2) is 5.09. The van der Waals surface area contributed by atoms with Crippen LogP contribution in [-0.4, -0.2) is 9.38 Å². The Morgan fingerprint density at radius 2 is 1.90 bits per heavy atom. The number of imidazole rings is 1. The number of pyridine rings is 1. The Bertz CT molecular complexity index is 806. The second-order valence-electron chi connectivity index (χ2n) is 5.20. The van der Waals surface area contributed by atoms with E-state index in [0.29, 0.717) is 11.6 Å². The summed E-state index contributed by atoms with van der Waals surface area (Å²) in [6.07, 6.45) is 1.58. The summed E-state index contributed by atoms with van der Waals surface area (Å²) in [7, 11) is 0. The van der Waals surface area contributed by atoms with Crippen molar-refractivity contribution in [1.82, 2.24) is 9.38 Å². The topological polar surface area (TPSA) is 46.7 Å². The SMILES string of the molecule is CC(C)c1ccc(-c2nc3c(F)cccn3c2N=O)cc1. The van der Waals surface area contributed by atoms with E-state index < -0.39 is 5.82 Å². The van der Waals surface area contributed by atoms with E-state index in [4.69, 9.17) is 0 Å². The van der Waals surface area contributed by atoms with Gasteiger partial charge >= 0.3 is 0 Å². The Kier molecular flexibility index (Phi) is 3.25. The molecule has 0 radical (unpaired) electrons. The van der Waals surface area contributed by atoms with Crippen molar-refractivity contribution < 1.29 is 4.39 Å². The Balaban J connectivity index is 2.20. The van der Waals surface area contributed by atoms with E-state index in [-0.39, 0.29) is 11.5 Å². The Labute approximate surface area is 121 Å². The quantitative estimate of drug-likeness (QED) is 0.656. The predicted octanol–water partition coefficient (Wildman–Crippen LogP) is 4.66. The number of aromatic nitrogens is 2. The molecule has 0 spiro atoms. The van der Waals surface area contributed by atoms with Crippen LogP contribution in [0.1, 0.15) is 25.3 Å². The number of benzene rings is 1. The number of hydrogen-bond acceptors (Lipinski definition) is 3. The van der Waals surface area contributed by atoms with E-state index in [1.165, 1.54) is 22.1 Å². The van der Waals surface area contributed by atoms with Gasteiger partial charge < -0.3 is 0 Å². The van der Waals surface area contributed by atoms with Gasteiger partial charge in [0.05, 0.1) is 0 Å². The van der Waals surface area contributed by atoms with Crippen LogP contribution < -0.4 is 0 Å². The van der Waals surface area contributed by atoms with Gasteiger partial charge in [-0.3, -0.25) is 4.40 Å². The number of halogens is 1. The Morgan fingerprint density at radius 1 is 1.19 bits per heavy atom. The van der Waals surface area contributed by atoms with Gasteiger partial charge in [0.2, 0.25) is 5.82 Å². The maximum absolute atomic E-state index is 13.8. The molecule has 2 heterocycles. The van der Waals surface area contributed by atoms with Crippen molar-refractivity contribution in [3.63, 3.8) is 0 Å². The van der Waals surface area contributed by atoms with Gasteiger partial charge in [0, 0.05) is 11.8 Å². The Morgan fingerprint density at radius 3 is 2.52 bits per heavy atom. The number of nitrogens with zero attached hydrogens (tertiary/aromatic N) is 3. The first-order valence-electron chi connectivity index (χ1n) is 6.72. The summed E-state index contributed by atoms with van der Waals surface area (Å²) in [6.45, 7) is 4.21.